The third-order valence-electron chi connectivity index (χ3n) is 4.19. The van der Waals surface area contributed by atoms with E-state index in [9.17, 15) is 4.79 Å². The monoisotopic (exact) mass is 512 g/mol. The summed E-state index contributed by atoms with van der Waals surface area (Å²) in [6.45, 7) is 0. The Morgan fingerprint density at radius 1 is 1.07 bits per heavy atom. The molecule has 0 bridgehead atoms. The molecule has 0 saturated carbocycles. The van der Waals surface area contributed by atoms with E-state index >= 15 is 0 Å². The Morgan fingerprint density at radius 3 is 2.69 bits per heavy atom. The maximum absolute atomic E-state index is 12.7. The zero-order valence-electron chi connectivity index (χ0n) is 15.0. The molecule has 0 aliphatic heterocycles. The quantitative estimate of drug-likeness (QED) is 0.381. The van der Waals surface area contributed by atoms with Gasteiger partial charge in [0.15, 0.2) is 0 Å². The fourth-order valence-corrected chi connectivity index (χ4v) is 3.69. The van der Waals surface area contributed by atoms with Gasteiger partial charge >= 0.3 is 0 Å². The number of hydrogen-bond acceptors (Lipinski definition) is 5. The molecular formula is C21H14Br2N4O2. The number of nitrogens with one attached hydrogen (secondary N) is 1. The van der Waals surface area contributed by atoms with Gasteiger partial charge in [-0.3, -0.25) is 10.1 Å². The standard InChI is InChI=1S/C21H14Br2N4O2/c22-15-6-3-5-14(10-15)20-19(17-8-9-24-12-25-17)21(29-27-20)26-18(28)11-13-4-1-2-7-16(13)23/h1-10,12H,11H2,(H,26,28). The minimum atomic E-state index is -0.218. The van der Waals surface area contributed by atoms with Crippen molar-refractivity contribution in [1.29, 1.82) is 0 Å². The Morgan fingerprint density at radius 2 is 1.93 bits per heavy atom. The smallest absolute Gasteiger partial charge is 0.241 e. The molecule has 8 heteroatoms. The van der Waals surface area contributed by atoms with Crippen LogP contribution in [0.2, 0.25) is 0 Å². The minimum Gasteiger partial charge on any atom is -0.337 e. The first-order valence-corrected chi connectivity index (χ1v) is 10.3. The number of carbonyl (C=O) groups is 1. The Balaban J connectivity index is 1.70. The normalized spacial score (nSPS) is 10.7. The van der Waals surface area contributed by atoms with Crippen LogP contribution in [0.5, 0.6) is 0 Å². The number of carbonyl (C=O) groups excluding carboxylic acids is 1. The van der Waals surface area contributed by atoms with E-state index in [4.69, 9.17) is 4.52 Å². The van der Waals surface area contributed by atoms with Gasteiger partial charge in [0.1, 0.15) is 12.0 Å². The molecule has 0 fully saturated rings. The molecule has 2 aromatic carbocycles. The summed E-state index contributed by atoms with van der Waals surface area (Å²) in [4.78, 5) is 20.9. The summed E-state index contributed by atoms with van der Waals surface area (Å²) in [5, 5.41) is 7.03. The van der Waals surface area contributed by atoms with Crippen LogP contribution >= 0.6 is 31.9 Å². The van der Waals surface area contributed by atoms with Crippen molar-refractivity contribution in [3.63, 3.8) is 0 Å². The Labute approximate surface area is 183 Å². The number of nitrogens with zero attached hydrogens (tertiary/aromatic N) is 3. The second kappa shape index (κ2) is 8.67. The van der Waals surface area contributed by atoms with Crippen LogP contribution < -0.4 is 5.32 Å². The molecule has 0 saturated heterocycles. The van der Waals surface area contributed by atoms with E-state index in [-0.39, 0.29) is 18.2 Å². The molecule has 0 atom stereocenters. The van der Waals surface area contributed by atoms with Gasteiger partial charge < -0.3 is 4.52 Å². The van der Waals surface area contributed by atoms with Crippen LogP contribution in [0.3, 0.4) is 0 Å². The molecule has 4 rings (SSSR count). The fourth-order valence-electron chi connectivity index (χ4n) is 2.87. The van der Waals surface area contributed by atoms with Gasteiger partial charge in [-0.05, 0) is 29.8 Å². The summed E-state index contributed by atoms with van der Waals surface area (Å²) >= 11 is 6.94. The third kappa shape index (κ3) is 4.44. The van der Waals surface area contributed by atoms with Crippen molar-refractivity contribution in [3.05, 3.63) is 81.6 Å². The second-order valence-electron chi connectivity index (χ2n) is 6.16. The molecule has 29 heavy (non-hydrogen) atoms. The lowest BCUT2D eigenvalue weighted by atomic mass is 10.0. The van der Waals surface area contributed by atoms with Crippen molar-refractivity contribution in [2.75, 3.05) is 5.32 Å². The SMILES string of the molecule is O=C(Cc1ccccc1Br)Nc1onc(-c2cccc(Br)c2)c1-c1ccncn1. The Kier molecular flexibility index (Phi) is 5.82. The summed E-state index contributed by atoms with van der Waals surface area (Å²) in [6, 6.07) is 17.0. The van der Waals surface area contributed by atoms with Crippen LogP contribution in [0.25, 0.3) is 22.5 Å². The highest BCUT2D eigenvalue weighted by molar-refractivity contribution is 9.10. The van der Waals surface area contributed by atoms with Crippen molar-refractivity contribution in [3.8, 4) is 22.5 Å². The van der Waals surface area contributed by atoms with Crippen LogP contribution in [0, 0.1) is 0 Å². The predicted octanol–water partition coefficient (Wildman–Crippen LogP) is 5.50. The topological polar surface area (TPSA) is 80.9 Å². The minimum absolute atomic E-state index is 0.192. The molecule has 1 amide bonds. The van der Waals surface area contributed by atoms with Gasteiger partial charge in [0, 0.05) is 20.7 Å². The fraction of sp³-hybridized carbons (Fsp3) is 0.0476. The van der Waals surface area contributed by atoms with E-state index < -0.39 is 0 Å². The number of anilines is 1. The van der Waals surface area contributed by atoms with Gasteiger partial charge in [0.05, 0.1) is 17.7 Å². The highest BCUT2D eigenvalue weighted by Gasteiger charge is 2.22. The maximum atomic E-state index is 12.7. The number of rotatable bonds is 5. The van der Waals surface area contributed by atoms with Crippen LogP contribution in [0.1, 0.15) is 5.56 Å². The molecule has 0 aliphatic rings. The van der Waals surface area contributed by atoms with Crippen molar-refractivity contribution >= 4 is 43.7 Å². The number of aromatic nitrogens is 3. The highest BCUT2D eigenvalue weighted by Crippen LogP contribution is 2.37. The number of benzene rings is 2. The summed E-state index contributed by atoms with van der Waals surface area (Å²) in [5.74, 6) is 0.0277. The zero-order valence-corrected chi connectivity index (χ0v) is 18.1. The van der Waals surface area contributed by atoms with Gasteiger partial charge in [-0.25, -0.2) is 9.97 Å². The maximum Gasteiger partial charge on any atom is 0.241 e. The first-order valence-electron chi connectivity index (χ1n) is 8.67. The lowest BCUT2D eigenvalue weighted by Crippen LogP contribution is -2.14. The average Bonchev–Trinajstić information content (AvgIpc) is 3.14. The second-order valence-corrected chi connectivity index (χ2v) is 7.93. The molecule has 0 radical (unpaired) electrons. The molecule has 0 spiro atoms. The van der Waals surface area contributed by atoms with E-state index in [0.29, 0.717) is 17.0 Å². The van der Waals surface area contributed by atoms with Gasteiger partial charge in [-0.2, -0.15) is 0 Å². The molecule has 144 valence electrons. The molecule has 2 heterocycles. The van der Waals surface area contributed by atoms with Gasteiger partial charge in [0.25, 0.3) is 0 Å². The third-order valence-corrected chi connectivity index (χ3v) is 5.46. The summed E-state index contributed by atoms with van der Waals surface area (Å²) in [5.41, 5.74) is 3.50. The van der Waals surface area contributed by atoms with Crippen molar-refractivity contribution in [2.24, 2.45) is 0 Å². The summed E-state index contributed by atoms with van der Waals surface area (Å²) < 4.78 is 7.30. The molecule has 0 aliphatic carbocycles. The van der Waals surface area contributed by atoms with Crippen LogP contribution in [0.4, 0.5) is 5.88 Å². The van der Waals surface area contributed by atoms with Gasteiger partial charge in [-0.15, -0.1) is 0 Å². The van der Waals surface area contributed by atoms with E-state index in [1.807, 2.05) is 48.5 Å². The summed E-state index contributed by atoms with van der Waals surface area (Å²) in [6.07, 6.45) is 3.27. The van der Waals surface area contributed by atoms with Crippen molar-refractivity contribution in [1.82, 2.24) is 15.1 Å². The van der Waals surface area contributed by atoms with Crippen molar-refractivity contribution < 1.29 is 9.32 Å². The number of hydrogen-bond donors (Lipinski definition) is 1. The van der Waals surface area contributed by atoms with E-state index in [1.165, 1.54) is 6.33 Å². The first kappa shape index (κ1) is 19.5. The number of amides is 1. The van der Waals surface area contributed by atoms with Crippen LogP contribution in [-0.2, 0) is 11.2 Å². The number of halogens is 2. The van der Waals surface area contributed by atoms with Crippen molar-refractivity contribution in [2.45, 2.75) is 6.42 Å². The predicted molar refractivity (Wildman–Crippen MR) is 117 cm³/mol. The molecule has 4 aromatic rings. The average molecular weight is 514 g/mol. The molecule has 0 unspecified atom stereocenters. The van der Waals surface area contributed by atoms with Crippen LogP contribution in [-0.4, -0.2) is 21.0 Å². The molecule has 6 nitrogen and oxygen atoms in total. The Hall–Kier alpha value is -2.84. The molecule has 2 aromatic heterocycles. The van der Waals surface area contributed by atoms with Gasteiger partial charge in [-0.1, -0.05) is 67.3 Å². The van der Waals surface area contributed by atoms with E-state index in [0.717, 1.165) is 20.1 Å². The molecule has 1 N–H and O–H groups in total. The van der Waals surface area contributed by atoms with E-state index in [1.54, 1.807) is 12.3 Å². The Bertz CT molecular complexity index is 1160. The largest absolute Gasteiger partial charge is 0.337 e. The zero-order chi connectivity index (χ0) is 20.2. The lowest BCUT2D eigenvalue weighted by molar-refractivity contribution is -0.115. The van der Waals surface area contributed by atoms with Gasteiger partial charge in [0.2, 0.25) is 11.8 Å². The highest BCUT2D eigenvalue weighted by atomic mass is 79.9. The summed E-state index contributed by atoms with van der Waals surface area (Å²) in [7, 11) is 0. The molecular weight excluding hydrogens is 500 g/mol. The first-order chi connectivity index (χ1) is 14.1. The lowest BCUT2D eigenvalue weighted by Gasteiger charge is -2.07. The van der Waals surface area contributed by atoms with Crippen LogP contribution in [0.15, 0.2) is 80.6 Å². The van der Waals surface area contributed by atoms with E-state index in [2.05, 4.69) is 52.3 Å².